The monoisotopic (exact) mass is 290 g/mol. The summed E-state index contributed by atoms with van der Waals surface area (Å²) in [4.78, 5) is 7.94. The third-order valence-electron chi connectivity index (χ3n) is 3.14. The molecule has 0 saturated carbocycles. The molecule has 0 radical (unpaired) electrons. The zero-order valence-corrected chi connectivity index (χ0v) is 11.9. The summed E-state index contributed by atoms with van der Waals surface area (Å²) in [5.41, 5.74) is 6.62. The van der Waals surface area contributed by atoms with Gasteiger partial charge in [0.15, 0.2) is 0 Å². The lowest BCUT2D eigenvalue weighted by Crippen LogP contribution is -2.22. The highest BCUT2D eigenvalue weighted by Crippen LogP contribution is 2.34. The molecule has 0 amide bonds. The van der Waals surface area contributed by atoms with E-state index < -0.39 is 0 Å². The first-order chi connectivity index (χ1) is 9.61. The molecule has 1 aromatic carbocycles. The Morgan fingerprint density at radius 1 is 1.35 bits per heavy atom. The van der Waals surface area contributed by atoms with Crippen LogP contribution in [-0.4, -0.2) is 5.06 Å². The van der Waals surface area contributed by atoms with E-state index in [1.807, 2.05) is 12.1 Å². The molecule has 2 aromatic rings. The van der Waals surface area contributed by atoms with E-state index in [1.54, 1.807) is 22.5 Å². The van der Waals surface area contributed by atoms with Gasteiger partial charge in [0.1, 0.15) is 11.9 Å². The Morgan fingerprint density at radius 3 is 2.90 bits per heavy atom. The molecule has 3 rings (SSSR count). The van der Waals surface area contributed by atoms with Crippen molar-refractivity contribution >= 4 is 11.3 Å². The van der Waals surface area contributed by atoms with E-state index in [1.165, 1.54) is 21.9 Å². The number of nitrogens with two attached hydrogens (primary N) is 1. The minimum atomic E-state index is -0.244. The van der Waals surface area contributed by atoms with Crippen molar-refractivity contribution < 1.29 is 9.23 Å². The first-order valence-electron chi connectivity index (χ1n) is 6.34. The number of hydrogen-bond donors (Lipinski definition) is 1. The Balaban J connectivity index is 1.82. The first-order valence-corrected chi connectivity index (χ1v) is 7.16. The lowest BCUT2D eigenvalue weighted by atomic mass is 10.2. The van der Waals surface area contributed by atoms with E-state index in [0.29, 0.717) is 12.4 Å². The summed E-state index contributed by atoms with van der Waals surface area (Å²) in [6.07, 6.45) is 1.88. The van der Waals surface area contributed by atoms with Crippen LogP contribution in [0.2, 0.25) is 0 Å². The van der Waals surface area contributed by atoms with Gasteiger partial charge < -0.3 is 10.6 Å². The Labute approximate surface area is 121 Å². The standard InChI is InChI=1S/C15H15FN2OS/c1-10-5-6-14(20-10)13-8-15(17)19-18(13)9-11-3-2-4-12(16)7-11/h2-8,13H,9,17H2,1H3. The second-order valence-electron chi connectivity index (χ2n) is 4.76. The lowest BCUT2D eigenvalue weighted by Gasteiger charge is -2.21. The van der Waals surface area contributed by atoms with Crippen LogP contribution < -0.4 is 5.73 Å². The third kappa shape index (κ3) is 2.69. The van der Waals surface area contributed by atoms with Gasteiger partial charge in [0, 0.05) is 15.8 Å². The molecule has 0 fully saturated rings. The van der Waals surface area contributed by atoms with Crippen molar-refractivity contribution in [3.8, 4) is 0 Å². The predicted octanol–water partition coefficient (Wildman–Crippen LogP) is 3.48. The van der Waals surface area contributed by atoms with Crippen LogP contribution in [0, 0.1) is 12.7 Å². The van der Waals surface area contributed by atoms with Crippen LogP contribution >= 0.6 is 11.3 Å². The average molecular weight is 290 g/mol. The van der Waals surface area contributed by atoms with Crippen molar-refractivity contribution in [3.05, 3.63) is 69.5 Å². The quantitative estimate of drug-likeness (QED) is 0.940. The van der Waals surface area contributed by atoms with Gasteiger partial charge in [-0.25, -0.2) is 4.39 Å². The molecule has 1 atom stereocenters. The van der Waals surface area contributed by atoms with Gasteiger partial charge >= 0.3 is 0 Å². The molecule has 1 aromatic heterocycles. The normalized spacial score (nSPS) is 18.9. The van der Waals surface area contributed by atoms with Crippen molar-refractivity contribution in [1.82, 2.24) is 5.06 Å². The van der Waals surface area contributed by atoms with E-state index in [2.05, 4.69) is 19.1 Å². The SMILES string of the molecule is Cc1ccc(C2C=C(N)ON2Cc2cccc(F)c2)s1. The summed E-state index contributed by atoms with van der Waals surface area (Å²) in [5, 5.41) is 1.77. The molecule has 3 nitrogen and oxygen atoms in total. The number of benzene rings is 1. The van der Waals surface area contributed by atoms with Crippen molar-refractivity contribution in [2.75, 3.05) is 0 Å². The predicted molar refractivity (Wildman–Crippen MR) is 77.1 cm³/mol. The van der Waals surface area contributed by atoms with Crippen molar-refractivity contribution in [3.63, 3.8) is 0 Å². The highest BCUT2D eigenvalue weighted by molar-refractivity contribution is 7.12. The topological polar surface area (TPSA) is 38.5 Å². The fourth-order valence-corrected chi connectivity index (χ4v) is 3.19. The number of thiophene rings is 1. The second kappa shape index (κ2) is 5.26. The van der Waals surface area contributed by atoms with Crippen molar-refractivity contribution in [2.24, 2.45) is 5.73 Å². The number of halogens is 1. The summed E-state index contributed by atoms with van der Waals surface area (Å²) in [7, 11) is 0. The Bertz CT molecular complexity index is 653. The number of nitrogens with zero attached hydrogens (tertiary/aromatic N) is 1. The molecule has 20 heavy (non-hydrogen) atoms. The minimum Gasteiger partial charge on any atom is -0.387 e. The van der Waals surface area contributed by atoms with Crippen LogP contribution in [0.5, 0.6) is 0 Å². The molecular weight excluding hydrogens is 275 g/mol. The molecule has 2 heterocycles. The maximum absolute atomic E-state index is 13.2. The van der Waals surface area contributed by atoms with Crippen LogP contribution in [0.15, 0.2) is 48.4 Å². The van der Waals surface area contributed by atoms with Crippen LogP contribution in [0.1, 0.15) is 21.4 Å². The fraction of sp³-hybridized carbons (Fsp3) is 0.200. The molecule has 5 heteroatoms. The smallest absolute Gasteiger partial charge is 0.207 e. The van der Waals surface area contributed by atoms with E-state index in [-0.39, 0.29) is 11.9 Å². The Hall–Kier alpha value is -1.85. The fourth-order valence-electron chi connectivity index (χ4n) is 2.24. The summed E-state index contributed by atoms with van der Waals surface area (Å²) in [6.45, 7) is 2.55. The summed E-state index contributed by atoms with van der Waals surface area (Å²) < 4.78 is 13.2. The molecule has 0 bridgehead atoms. The minimum absolute atomic E-state index is 0.0167. The number of rotatable bonds is 3. The van der Waals surface area contributed by atoms with Crippen LogP contribution in [0.25, 0.3) is 0 Å². The molecule has 0 spiro atoms. The van der Waals surface area contributed by atoms with Gasteiger partial charge in [-0.2, -0.15) is 0 Å². The first kappa shape index (κ1) is 13.1. The second-order valence-corrected chi connectivity index (χ2v) is 6.08. The lowest BCUT2D eigenvalue weighted by molar-refractivity contribution is -0.127. The number of aryl methyl sites for hydroxylation is 1. The molecule has 2 N–H and O–H groups in total. The summed E-state index contributed by atoms with van der Waals surface area (Å²) >= 11 is 1.71. The van der Waals surface area contributed by atoms with Gasteiger partial charge in [-0.3, -0.25) is 0 Å². The summed E-state index contributed by atoms with van der Waals surface area (Å²) in [5.74, 6) is 0.142. The molecule has 104 valence electrons. The maximum Gasteiger partial charge on any atom is 0.207 e. The molecule has 1 unspecified atom stereocenters. The van der Waals surface area contributed by atoms with Crippen LogP contribution in [0.4, 0.5) is 4.39 Å². The molecule has 1 aliphatic rings. The number of hydroxylamine groups is 2. The Morgan fingerprint density at radius 2 is 2.20 bits per heavy atom. The van der Waals surface area contributed by atoms with E-state index in [0.717, 1.165) is 5.56 Å². The zero-order valence-electron chi connectivity index (χ0n) is 11.0. The van der Waals surface area contributed by atoms with E-state index in [9.17, 15) is 4.39 Å². The third-order valence-corrected chi connectivity index (χ3v) is 4.21. The highest BCUT2D eigenvalue weighted by atomic mass is 32.1. The van der Waals surface area contributed by atoms with Crippen LogP contribution in [0.3, 0.4) is 0 Å². The van der Waals surface area contributed by atoms with E-state index >= 15 is 0 Å². The van der Waals surface area contributed by atoms with Crippen molar-refractivity contribution in [2.45, 2.75) is 19.5 Å². The van der Waals surface area contributed by atoms with Gasteiger partial charge in [0.2, 0.25) is 5.88 Å². The number of hydrogen-bond acceptors (Lipinski definition) is 4. The van der Waals surface area contributed by atoms with Crippen molar-refractivity contribution in [1.29, 1.82) is 0 Å². The van der Waals surface area contributed by atoms with Crippen LogP contribution in [-0.2, 0) is 11.4 Å². The molecular formula is C15H15FN2OS. The average Bonchev–Trinajstić information content (AvgIpc) is 2.96. The molecule has 0 saturated heterocycles. The van der Waals surface area contributed by atoms with Gasteiger partial charge in [-0.15, -0.1) is 16.4 Å². The molecule has 1 aliphatic heterocycles. The Kier molecular flexibility index (Phi) is 3.46. The zero-order chi connectivity index (χ0) is 14.1. The largest absolute Gasteiger partial charge is 0.387 e. The van der Waals surface area contributed by atoms with Gasteiger partial charge in [0.05, 0.1) is 6.54 Å². The van der Waals surface area contributed by atoms with Gasteiger partial charge in [-0.1, -0.05) is 12.1 Å². The maximum atomic E-state index is 13.2. The van der Waals surface area contributed by atoms with E-state index in [4.69, 9.17) is 10.6 Å². The van der Waals surface area contributed by atoms with Gasteiger partial charge in [0.25, 0.3) is 0 Å². The summed E-state index contributed by atoms with van der Waals surface area (Å²) in [6, 6.07) is 10.6. The van der Waals surface area contributed by atoms with Gasteiger partial charge in [-0.05, 0) is 36.8 Å². The highest BCUT2D eigenvalue weighted by Gasteiger charge is 2.28. The molecule has 0 aliphatic carbocycles.